The minimum atomic E-state index is -0.234. The highest BCUT2D eigenvalue weighted by molar-refractivity contribution is 9.10. The van der Waals surface area contributed by atoms with Gasteiger partial charge in [-0.2, -0.15) is 5.11 Å². The fraction of sp³-hybridized carbons (Fsp3) is 0.636. The minimum Gasteiger partial charge on any atom is -0.356 e. The first kappa shape index (κ1) is 22.5. The van der Waals surface area contributed by atoms with Crippen LogP contribution in [-0.4, -0.2) is 22.5 Å². The number of nitrogens with one attached hydrogen (secondary N) is 1. The van der Waals surface area contributed by atoms with Crippen LogP contribution in [0.5, 0.6) is 0 Å². The molecule has 2 aliphatic heterocycles. The number of rotatable bonds is 1. The summed E-state index contributed by atoms with van der Waals surface area (Å²) in [6, 6.07) is 7.92. The Bertz CT molecular complexity index is 739. The molecule has 0 bridgehead atoms. The molecule has 1 unspecified atom stereocenters. The number of para-hydroxylation sites is 1. The molecule has 7 heteroatoms. The van der Waals surface area contributed by atoms with Crippen molar-refractivity contribution in [3.8, 4) is 0 Å². The number of aliphatic imine (C=N–C) groups is 1. The molecule has 1 aromatic carbocycles. The van der Waals surface area contributed by atoms with Gasteiger partial charge in [0.25, 0.3) is 0 Å². The molecule has 1 amide bonds. The molecular weight excluding hydrogens is 448 g/mol. The monoisotopic (exact) mass is 478 g/mol. The number of amidine groups is 1. The number of halogens is 1. The molecule has 2 heterocycles. The Hall–Kier alpha value is -1.21. The van der Waals surface area contributed by atoms with E-state index in [1.165, 1.54) is 44.9 Å². The van der Waals surface area contributed by atoms with Crippen LogP contribution in [0.3, 0.4) is 0 Å². The molecule has 5 nitrogen and oxygen atoms in total. The Kier molecular flexibility index (Phi) is 9.18. The van der Waals surface area contributed by atoms with Crippen LogP contribution in [0.2, 0.25) is 0 Å². The molecule has 1 aromatic rings. The first-order chi connectivity index (χ1) is 14.2. The molecular formula is C22H31BrN4OS. The van der Waals surface area contributed by atoms with Crippen LogP contribution >= 0.6 is 27.7 Å². The van der Waals surface area contributed by atoms with Crippen molar-refractivity contribution in [2.45, 2.75) is 81.9 Å². The van der Waals surface area contributed by atoms with Crippen LogP contribution in [0.15, 0.2) is 44.0 Å². The number of hydrogen-bond donors (Lipinski definition) is 1. The molecule has 29 heavy (non-hydrogen) atoms. The van der Waals surface area contributed by atoms with E-state index in [1.54, 1.807) is 11.8 Å². The third-order valence-electron chi connectivity index (χ3n) is 5.46. The maximum Gasteiger partial charge on any atom is 0.219 e. The molecule has 1 saturated heterocycles. The fourth-order valence-electron chi connectivity index (χ4n) is 3.79. The van der Waals surface area contributed by atoms with Gasteiger partial charge >= 0.3 is 0 Å². The van der Waals surface area contributed by atoms with Gasteiger partial charge in [-0.05, 0) is 53.7 Å². The van der Waals surface area contributed by atoms with E-state index in [9.17, 15) is 4.79 Å². The number of thioether (sulfide) groups is 1. The topological polar surface area (TPSA) is 66.2 Å². The van der Waals surface area contributed by atoms with E-state index in [0.717, 1.165) is 41.0 Å². The van der Waals surface area contributed by atoms with Crippen molar-refractivity contribution in [1.82, 2.24) is 5.32 Å². The maximum absolute atomic E-state index is 12.0. The Morgan fingerprint density at radius 3 is 2.45 bits per heavy atom. The third kappa shape index (κ3) is 7.52. The standard InChI is InChI=1S/C22H31BrN4OS/c23-18-12-8-9-13-19(18)25-21-26-27-22(29-21)15-10-6-4-2-1-3-5-7-14-20(28)24-17-11-16-22/h8-9,12-13H,1-7,10-11,14-17H2,(H,24,28). The number of nitrogens with zero attached hydrogens (tertiary/aromatic N) is 3. The van der Waals surface area contributed by atoms with E-state index >= 15 is 0 Å². The van der Waals surface area contributed by atoms with Crippen molar-refractivity contribution >= 4 is 44.5 Å². The second-order valence-electron chi connectivity index (χ2n) is 7.88. The van der Waals surface area contributed by atoms with Crippen molar-refractivity contribution in [1.29, 1.82) is 0 Å². The quantitative estimate of drug-likeness (QED) is 0.465. The summed E-state index contributed by atoms with van der Waals surface area (Å²) in [4.78, 5) is 16.5. The zero-order chi connectivity index (χ0) is 20.4. The normalized spacial score (nSPS) is 26.7. The Labute approximate surface area is 186 Å². The van der Waals surface area contributed by atoms with E-state index in [4.69, 9.17) is 4.99 Å². The molecule has 158 valence electrons. The predicted molar refractivity (Wildman–Crippen MR) is 125 cm³/mol. The minimum absolute atomic E-state index is 0.183. The summed E-state index contributed by atoms with van der Waals surface area (Å²) >= 11 is 5.24. The lowest BCUT2D eigenvalue weighted by molar-refractivity contribution is -0.121. The second-order valence-corrected chi connectivity index (χ2v) is 10.1. The van der Waals surface area contributed by atoms with Crippen LogP contribution in [0.25, 0.3) is 0 Å². The van der Waals surface area contributed by atoms with Gasteiger partial charge in [-0.3, -0.25) is 4.79 Å². The van der Waals surface area contributed by atoms with Crippen molar-refractivity contribution in [2.75, 3.05) is 6.54 Å². The summed E-state index contributed by atoms with van der Waals surface area (Å²) in [5.74, 6) is 0.183. The van der Waals surface area contributed by atoms with Gasteiger partial charge in [-0.1, -0.05) is 68.8 Å². The number of carbonyl (C=O) groups is 1. The highest BCUT2D eigenvalue weighted by atomic mass is 79.9. The van der Waals surface area contributed by atoms with Gasteiger partial charge in [0.15, 0.2) is 0 Å². The Balaban J connectivity index is 1.62. The fourth-order valence-corrected chi connectivity index (χ4v) is 5.30. The zero-order valence-electron chi connectivity index (χ0n) is 17.0. The van der Waals surface area contributed by atoms with Gasteiger partial charge in [0.05, 0.1) is 5.69 Å². The smallest absolute Gasteiger partial charge is 0.219 e. The molecule has 0 radical (unpaired) electrons. The first-order valence-electron chi connectivity index (χ1n) is 10.9. The lowest BCUT2D eigenvalue weighted by Gasteiger charge is -2.23. The maximum atomic E-state index is 12.0. The number of azo groups is 1. The van der Waals surface area contributed by atoms with Gasteiger partial charge < -0.3 is 5.32 Å². The molecule has 1 fully saturated rings. The summed E-state index contributed by atoms with van der Waals surface area (Å²) < 4.78 is 0.963. The summed E-state index contributed by atoms with van der Waals surface area (Å²) in [7, 11) is 0. The number of amides is 1. The summed E-state index contributed by atoms with van der Waals surface area (Å²) in [5.41, 5.74) is 0.881. The van der Waals surface area contributed by atoms with Crippen molar-refractivity contribution in [3.63, 3.8) is 0 Å². The summed E-state index contributed by atoms with van der Waals surface area (Å²) in [6.45, 7) is 0.716. The molecule has 1 spiro atoms. The van der Waals surface area contributed by atoms with Crippen molar-refractivity contribution in [2.24, 2.45) is 15.2 Å². The highest BCUT2D eigenvalue weighted by Crippen LogP contribution is 2.44. The molecule has 0 aromatic heterocycles. The number of hydrogen-bond acceptors (Lipinski definition) is 4. The van der Waals surface area contributed by atoms with Crippen LogP contribution in [-0.2, 0) is 4.79 Å². The average Bonchev–Trinajstić information content (AvgIpc) is 3.11. The molecule has 3 rings (SSSR count). The van der Waals surface area contributed by atoms with Crippen molar-refractivity contribution in [3.05, 3.63) is 28.7 Å². The first-order valence-corrected chi connectivity index (χ1v) is 12.5. The average molecular weight is 479 g/mol. The Morgan fingerprint density at radius 2 is 1.66 bits per heavy atom. The lowest BCUT2D eigenvalue weighted by atomic mass is 10.0. The van der Waals surface area contributed by atoms with Gasteiger partial charge in [0, 0.05) is 17.4 Å². The predicted octanol–water partition coefficient (Wildman–Crippen LogP) is 7.14. The Morgan fingerprint density at radius 1 is 0.966 bits per heavy atom. The molecule has 2 aliphatic rings. The van der Waals surface area contributed by atoms with Gasteiger partial charge in [0.1, 0.15) is 4.87 Å². The second kappa shape index (κ2) is 11.8. The molecule has 0 saturated carbocycles. The van der Waals surface area contributed by atoms with E-state index in [0.29, 0.717) is 13.0 Å². The lowest BCUT2D eigenvalue weighted by Crippen LogP contribution is -2.27. The SMILES string of the molecule is O=C1CCCCCCCCCCC2(CCCN1)N=NC(=Nc1ccccc1Br)S2. The van der Waals surface area contributed by atoms with Gasteiger partial charge in [-0.15, -0.1) is 5.11 Å². The van der Waals surface area contributed by atoms with Crippen LogP contribution < -0.4 is 5.32 Å². The zero-order valence-corrected chi connectivity index (χ0v) is 19.4. The van der Waals surface area contributed by atoms with E-state index in [2.05, 4.69) is 31.5 Å². The highest BCUT2D eigenvalue weighted by Gasteiger charge is 2.36. The summed E-state index contributed by atoms with van der Waals surface area (Å²) in [5, 5.41) is 12.9. The molecule has 0 aliphatic carbocycles. The van der Waals surface area contributed by atoms with Crippen molar-refractivity contribution < 1.29 is 4.79 Å². The van der Waals surface area contributed by atoms with E-state index < -0.39 is 0 Å². The third-order valence-corrected chi connectivity index (χ3v) is 7.35. The van der Waals surface area contributed by atoms with Crippen LogP contribution in [0, 0.1) is 0 Å². The van der Waals surface area contributed by atoms with Gasteiger partial charge in [0.2, 0.25) is 11.1 Å². The largest absolute Gasteiger partial charge is 0.356 e. The molecule has 1 N–H and O–H groups in total. The van der Waals surface area contributed by atoms with E-state index in [1.807, 2.05) is 24.3 Å². The number of benzene rings is 1. The van der Waals surface area contributed by atoms with Crippen LogP contribution in [0.4, 0.5) is 5.69 Å². The summed E-state index contributed by atoms with van der Waals surface area (Å²) in [6.07, 6.45) is 13.2. The van der Waals surface area contributed by atoms with Crippen LogP contribution in [0.1, 0.15) is 77.0 Å². The number of carbonyl (C=O) groups excluding carboxylic acids is 1. The molecule has 1 atom stereocenters. The van der Waals surface area contributed by atoms with E-state index in [-0.39, 0.29) is 10.8 Å². The van der Waals surface area contributed by atoms with Gasteiger partial charge in [-0.25, -0.2) is 4.99 Å².